The number of rotatable bonds is 5. The number of aromatic nitrogens is 3. The van der Waals surface area contributed by atoms with Crippen LogP contribution in [0.5, 0.6) is 5.75 Å². The molecule has 3 aromatic rings. The maximum absolute atomic E-state index is 5.97. The van der Waals surface area contributed by atoms with Crippen molar-refractivity contribution >= 4 is 11.3 Å². The van der Waals surface area contributed by atoms with E-state index in [2.05, 4.69) is 38.5 Å². The van der Waals surface area contributed by atoms with E-state index in [1.165, 1.54) is 16.1 Å². The molecule has 1 aliphatic heterocycles. The zero-order chi connectivity index (χ0) is 16.4. The molecular formula is C18H20N4OS. The molecule has 1 atom stereocenters. The van der Waals surface area contributed by atoms with Crippen molar-refractivity contribution in [3.63, 3.8) is 0 Å². The summed E-state index contributed by atoms with van der Waals surface area (Å²) in [6.45, 7) is 4.48. The molecule has 2 N–H and O–H groups in total. The van der Waals surface area contributed by atoms with Gasteiger partial charge in [0.1, 0.15) is 5.75 Å². The van der Waals surface area contributed by atoms with Crippen LogP contribution in [-0.4, -0.2) is 28.1 Å². The van der Waals surface area contributed by atoms with Gasteiger partial charge in [0.2, 0.25) is 0 Å². The second-order valence-electron chi connectivity index (χ2n) is 5.98. The number of aryl methyl sites for hydroxylation is 1. The minimum Gasteiger partial charge on any atom is -0.493 e. The van der Waals surface area contributed by atoms with E-state index < -0.39 is 0 Å². The summed E-state index contributed by atoms with van der Waals surface area (Å²) in [6.07, 6.45) is 2.68. The fraction of sp³-hybridized carbons (Fsp3) is 0.333. The van der Waals surface area contributed by atoms with Crippen LogP contribution in [0.25, 0.3) is 0 Å². The third kappa shape index (κ3) is 3.07. The van der Waals surface area contributed by atoms with Gasteiger partial charge in [-0.3, -0.25) is 0 Å². The number of ether oxygens (including phenoxy) is 1. The lowest BCUT2D eigenvalue weighted by atomic mass is 9.92. The highest BCUT2D eigenvalue weighted by Crippen LogP contribution is 2.29. The molecule has 0 spiro atoms. The number of nitrogens with zero attached hydrogens (tertiary/aromatic N) is 2. The zero-order valence-corrected chi connectivity index (χ0v) is 14.4. The number of fused-ring (bicyclic) bond motifs is 1. The molecule has 124 valence electrons. The number of imidazole rings is 1. The Morgan fingerprint density at radius 3 is 3.17 bits per heavy atom. The first-order valence-corrected chi connectivity index (χ1v) is 9.04. The van der Waals surface area contributed by atoms with Gasteiger partial charge in [-0.2, -0.15) is 0 Å². The summed E-state index contributed by atoms with van der Waals surface area (Å²) in [5.74, 6) is 1.18. The van der Waals surface area contributed by atoms with Crippen LogP contribution in [-0.2, 0) is 13.0 Å². The molecule has 0 bridgehead atoms. The Morgan fingerprint density at radius 1 is 1.33 bits per heavy atom. The van der Waals surface area contributed by atoms with Crippen molar-refractivity contribution in [2.75, 3.05) is 13.2 Å². The van der Waals surface area contributed by atoms with Gasteiger partial charge in [0.25, 0.3) is 0 Å². The fourth-order valence-electron chi connectivity index (χ4n) is 3.14. The van der Waals surface area contributed by atoms with Gasteiger partial charge >= 0.3 is 0 Å². The van der Waals surface area contributed by atoms with Crippen LogP contribution < -0.4 is 10.1 Å². The van der Waals surface area contributed by atoms with Crippen LogP contribution in [0.4, 0.5) is 0 Å². The highest BCUT2D eigenvalue weighted by atomic mass is 32.1. The summed E-state index contributed by atoms with van der Waals surface area (Å²) in [5, 5.41) is 3.45. The van der Waals surface area contributed by atoms with Gasteiger partial charge in [-0.25, -0.2) is 9.97 Å². The van der Waals surface area contributed by atoms with E-state index in [-0.39, 0.29) is 5.92 Å². The molecule has 6 heteroatoms. The van der Waals surface area contributed by atoms with E-state index in [0.29, 0.717) is 6.61 Å². The number of aromatic amines is 1. The molecular weight excluding hydrogens is 320 g/mol. The first-order chi connectivity index (χ1) is 11.8. The maximum Gasteiger partial charge on any atom is 0.119 e. The second kappa shape index (κ2) is 6.75. The Labute approximate surface area is 145 Å². The molecule has 1 aromatic carbocycles. The second-order valence-corrected chi connectivity index (χ2v) is 6.92. The average molecular weight is 340 g/mol. The minimum atomic E-state index is 0.271. The number of H-pyrrole nitrogens is 1. The van der Waals surface area contributed by atoms with Crippen LogP contribution in [0, 0.1) is 6.92 Å². The monoisotopic (exact) mass is 340 g/mol. The van der Waals surface area contributed by atoms with E-state index in [1.54, 1.807) is 17.7 Å². The zero-order valence-electron chi connectivity index (χ0n) is 13.6. The van der Waals surface area contributed by atoms with Gasteiger partial charge in [-0.15, -0.1) is 11.3 Å². The predicted molar refractivity (Wildman–Crippen MR) is 94.6 cm³/mol. The van der Waals surface area contributed by atoms with Crippen molar-refractivity contribution in [3.05, 3.63) is 63.6 Å². The van der Waals surface area contributed by atoms with Crippen LogP contribution in [0.3, 0.4) is 0 Å². The molecule has 4 rings (SSSR count). The van der Waals surface area contributed by atoms with Crippen molar-refractivity contribution < 1.29 is 4.74 Å². The summed E-state index contributed by atoms with van der Waals surface area (Å²) in [5.41, 5.74) is 6.56. The van der Waals surface area contributed by atoms with Crippen molar-refractivity contribution in [1.82, 2.24) is 20.3 Å². The summed E-state index contributed by atoms with van der Waals surface area (Å²) in [4.78, 5) is 13.3. The molecule has 2 aromatic heterocycles. The SMILES string of the molecule is Cc1ncsc1CCOc1cccc(C2CNCc3[nH]cnc32)c1. The van der Waals surface area contributed by atoms with E-state index in [4.69, 9.17) is 4.74 Å². The molecule has 1 aliphatic rings. The highest BCUT2D eigenvalue weighted by molar-refractivity contribution is 7.09. The van der Waals surface area contributed by atoms with Crippen molar-refractivity contribution in [2.45, 2.75) is 25.8 Å². The van der Waals surface area contributed by atoms with Crippen molar-refractivity contribution in [1.29, 1.82) is 0 Å². The number of thiazole rings is 1. The molecule has 0 aliphatic carbocycles. The first-order valence-electron chi connectivity index (χ1n) is 8.16. The molecule has 0 fully saturated rings. The average Bonchev–Trinajstić information content (AvgIpc) is 3.24. The van der Waals surface area contributed by atoms with Gasteiger partial charge < -0.3 is 15.0 Å². The van der Waals surface area contributed by atoms with Gasteiger partial charge in [0.15, 0.2) is 0 Å². The Hall–Kier alpha value is -2.18. The number of benzene rings is 1. The molecule has 0 saturated carbocycles. The first kappa shape index (κ1) is 15.4. The Kier molecular flexibility index (Phi) is 4.32. The van der Waals surface area contributed by atoms with Gasteiger partial charge in [0, 0.05) is 30.3 Å². The van der Waals surface area contributed by atoms with Gasteiger partial charge in [0.05, 0.1) is 35.5 Å². The van der Waals surface area contributed by atoms with Crippen molar-refractivity contribution in [2.24, 2.45) is 0 Å². The van der Waals surface area contributed by atoms with Gasteiger partial charge in [-0.1, -0.05) is 12.1 Å². The molecule has 24 heavy (non-hydrogen) atoms. The normalized spacial score (nSPS) is 16.8. The molecule has 5 nitrogen and oxygen atoms in total. The van der Waals surface area contributed by atoms with E-state index in [9.17, 15) is 0 Å². The van der Waals surface area contributed by atoms with Crippen molar-refractivity contribution in [3.8, 4) is 5.75 Å². The largest absolute Gasteiger partial charge is 0.493 e. The van der Waals surface area contributed by atoms with Crippen LogP contribution in [0.15, 0.2) is 36.1 Å². The van der Waals surface area contributed by atoms with E-state index in [1.807, 2.05) is 18.5 Å². The molecule has 3 heterocycles. The Balaban J connectivity index is 1.46. The molecule has 0 saturated heterocycles. The van der Waals surface area contributed by atoms with E-state index in [0.717, 1.165) is 36.6 Å². The molecule has 0 amide bonds. The summed E-state index contributed by atoms with van der Waals surface area (Å²) < 4.78 is 5.97. The smallest absolute Gasteiger partial charge is 0.119 e. The van der Waals surface area contributed by atoms with Crippen LogP contribution in [0.1, 0.15) is 33.4 Å². The topological polar surface area (TPSA) is 62.8 Å². The molecule has 1 unspecified atom stereocenters. The van der Waals surface area contributed by atoms with Crippen LogP contribution in [0.2, 0.25) is 0 Å². The maximum atomic E-state index is 5.97. The van der Waals surface area contributed by atoms with E-state index >= 15 is 0 Å². The number of hydrogen-bond acceptors (Lipinski definition) is 5. The summed E-state index contributed by atoms with van der Waals surface area (Å²) >= 11 is 1.69. The fourth-order valence-corrected chi connectivity index (χ4v) is 3.90. The van der Waals surface area contributed by atoms with Gasteiger partial charge in [-0.05, 0) is 24.6 Å². The Morgan fingerprint density at radius 2 is 2.29 bits per heavy atom. The number of hydrogen-bond donors (Lipinski definition) is 2. The standard InChI is InChI=1S/C18H20N4OS/c1-12-17(24-11-22-12)5-6-23-14-4-2-3-13(7-14)15-8-19-9-16-18(15)21-10-20-16/h2-4,7,10-11,15,19H,5-6,8-9H2,1H3,(H,20,21). The lowest BCUT2D eigenvalue weighted by Crippen LogP contribution is -2.28. The number of nitrogens with one attached hydrogen (secondary N) is 2. The van der Waals surface area contributed by atoms with Crippen LogP contribution >= 0.6 is 11.3 Å². The predicted octanol–water partition coefficient (Wildman–Crippen LogP) is 3.03. The highest BCUT2D eigenvalue weighted by Gasteiger charge is 2.24. The quantitative estimate of drug-likeness (QED) is 0.749. The Bertz CT molecular complexity index is 826. The third-order valence-corrected chi connectivity index (χ3v) is 5.43. The minimum absolute atomic E-state index is 0.271. The third-order valence-electron chi connectivity index (χ3n) is 4.44. The lowest BCUT2D eigenvalue weighted by Gasteiger charge is -2.23. The summed E-state index contributed by atoms with van der Waals surface area (Å²) in [7, 11) is 0. The summed E-state index contributed by atoms with van der Waals surface area (Å²) in [6, 6.07) is 8.36. The lowest BCUT2D eigenvalue weighted by molar-refractivity contribution is 0.322. The molecule has 0 radical (unpaired) electrons.